The molecule has 2 nitrogen and oxygen atoms in total. The summed E-state index contributed by atoms with van der Waals surface area (Å²) in [6.45, 7) is 14.5. The van der Waals surface area contributed by atoms with E-state index in [0.717, 1.165) is 36.1 Å². The van der Waals surface area contributed by atoms with Crippen LogP contribution in [-0.4, -0.2) is 23.8 Å². The van der Waals surface area contributed by atoms with E-state index in [1.54, 1.807) is 6.92 Å². The molecule has 1 heterocycles. The molecule has 1 aromatic rings. The maximum Gasteiger partial charge on any atom is 0.135 e. The Bertz CT molecular complexity index is 621. The molecule has 0 unspecified atom stereocenters. The predicted molar refractivity (Wildman–Crippen MR) is 107 cm³/mol. The topological polar surface area (TPSA) is 20.3 Å². The summed E-state index contributed by atoms with van der Waals surface area (Å²) < 4.78 is 0. The van der Waals surface area contributed by atoms with Gasteiger partial charge in [-0.1, -0.05) is 45.0 Å². The van der Waals surface area contributed by atoms with Gasteiger partial charge in [-0.2, -0.15) is 0 Å². The van der Waals surface area contributed by atoms with Gasteiger partial charge in [0.1, 0.15) is 5.78 Å². The van der Waals surface area contributed by atoms with Crippen molar-refractivity contribution >= 4 is 17.4 Å². The zero-order chi connectivity index (χ0) is 18.6. The molecule has 0 aromatic heterocycles. The number of hydrogen-bond acceptors (Lipinski definition) is 2. The Balaban J connectivity index is 1.90. The molecule has 1 aromatic carbocycles. The van der Waals surface area contributed by atoms with E-state index in [9.17, 15) is 4.79 Å². The molecule has 0 N–H and O–H groups in total. The van der Waals surface area contributed by atoms with Crippen LogP contribution in [-0.2, 0) is 16.6 Å². The van der Waals surface area contributed by atoms with Crippen LogP contribution in [0.25, 0.3) is 0 Å². The summed E-state index contributed by atoms with van der Waals surface area (Å²) in [6, 6.07) is 6.35. The standard InChI is InChI=1S/C22H32ClNO/c1-16(14-17(2)25)24-12-10-18(11-13-24)6-7-19-8-9-20(23)15-21(19)22(3,4)5/h8-9,15,18H,1,6-7,10-14H2,2-5H3. The van der Waals surface area contributed by atoms with Gasteiger partial charge in [0.25, 0.3) is 0 Å². The van der Waals surface area contributed by atoms with Gasteiger partial charge in [-0.05, 0) is 67.2 Å². The summed E-state index contributed by atoms with van der Waals surface area (Å²) in [5, 5.41) is 0.825. The van der Waals surface area contributed by atoms with Gasteiger partial charge in [-0.3, -0.25) is 4.79 Å². The number of halogens is 1. The summed E-state index contributed by atoms with van der Waals surface area (Å²) in [6.07, 6.45) is 5.20. The normalized spacial score (nSPS) is 16.1. The lowest BCUT2D eigenvalue weighted by Gasteiger charge is -2.35. The van der Waals surface area contributed by atoms with Crippen LogP contribution in [0, 0.1) is 5.92 Å². The van der Waals surface area contributed by atoms with Crippen LogP contribution in [0.4, 0.5) is 0 Å². The Morgan fingerprint density at radius 2 is 1.92 bits per heavy atom. The molecule has 1 aliphatic heterocycles. The number of carbonyl (C=O) groups is 1. The zero-order valence-electron chi connectivity index (χ0n) is 16.2. The fourth-order valence-corrected chi connectivity index (χ4v) is 3.93. The Morgan fingerprint density at radius 1 is 1.28 bits per heavy atom. The lowest BCUT2D eigenvalue weighted by atomic mass is 9.81. The number of allylic oxidation sites excluding steroid dienone is 1. The molecular weight excluding hydrogens is 330 g/mol. The molecular formula is C22H32ClNO. The SMILES string of the molecule is C=C(CC(C)=O)N1CCC(CCc2ccc(Cl)cc2C(C)(C)C)CC1. The third kappa shape index (κ3) is 5.88. The van der Waals surface area contributed by atoms with Crippen LogP contribution in [0.3, 0.4) is 0 Å². The minimum Gasteiger partial charge on any atom is -0.375 e. The van der Waals surface area contributed by atoms with Crippen molar-refractivity contribution in [1.29, 1.82) is 0 Å². The van der Waals surface area contributed by atoms with Crippen molar-refractivity contribution in [2.24, 2.45) is 5.92 Å². The van der Waals surface area contributed by atoms with Crippen molar-refractivity contribution in [3.63, 3.8) is 0 Å². The number of carbonyl (C=O) groups excluding carboxylic acids is 1. The van der Waals surface area contributed by atoms with Crippen LogP contribution >= 0.6 is 11.6 Å². The molecule has 0 radical (unpaired) electrons. The number of benzene rings is 1. The molecule has 1 aliphatic rings. The lowest BCUT2D eigenvalue weighted by molar-refractivity contribution is -0.116. The molecule has 0 aliphatic carbocycles. The van der Waals surface area contributed by atoms with Gasteiger partial charge in [0.15, 0.2) is 0 Å². The second-order valence-corrected chi connectivity index (χ2v) is 8.90. The minimum atomic E-state index is 0.119. The van der Waals surface area contributed by atoms with Crippen molar-refractivity contribution < 1.29 is 4.79 Å². The monoisotopic (exact) mass is 361 g/mol. The Morgan fingerprint density at radius 3 is 2.48 bits per heavy atom. The third-order valence-corrected chi connectivity index (χ3v) is 5.45. The molecule has 1 saturated heterocycles. The number of ketones is 1. The number of piperidine rings is 1. The van der Waals surface area contributed by atoms with Crippen LogP contribution in [0.2, 0.25) is 5.02 Å². The van der Waals surface area contributed by atoms with E-state index < -0.39 is 0 Å². The highest BCUT2D eigenvalue weighted by atomic mass is 35.5. The van der Waals surface area contributed by atoms with Crippen LogP contribution < -0.4 is 0 Å². The van der Waals surface area contributed by atoms with E-state index in [1.807, 2.05) is 6.07 Å². The first-order valence-electron chi connectivity index (χ1n) is 9.38. The van der Waals surface area contributed by atoms with E-state index in [4.69, 9.17) is 11.6 Å². The molecule has 0 spiro atoms. The molecule has 0 amide bonds. The van der Waals surface area contributed by atoms with E-state index >= 15 is 0 Å². The average molecular weight is 362 g/mol. The third-order valence-electron chi connectivity index (χ3n) is 5.22. The van der Waals surface area contributed by atoms with Crippen molar-refractivity contribution in [3.05, 3.63) is 46.6 Å². The van der Waals surface area contributed by atoms with Gasteiger partial charge < -0.3 is 4.90 Å². The fraction of sp³-hybridized carbons (Fsp3) is 0.591. The van der Waals surface area contributed by atoms with Gasteiger partial charge in [-0.15, -0.1) is 0 Å². The van der Waals surface area contributed by atoms with E-state index in [1.165, 1.54) is 30.4 Å². The van der Waals surface area contributed by atoms with Gasteiger partial charge in [0.2, 0.25) is 0 Å². The van der Waals surface area contributed by atoms with Gasteiger partial charge in [0, 0.05) is 30.2 Å². The number of likely N-dealkylation sites (tertiary alicyclic amines) is 1. The van der Waals surface area contributed by atoms with Crippen molar-refractivity contribution in [1.82, 2.24) is 4.90 Å². The van der Waals surface area contributed by atoms with Gasteiger partial charge >= 0.3 is 0 Å². The molecule has 0 bridgehead atoms. The second-order valence-electron chi connectivity index (χ2n) is 8.47. The van der Waals surface area contributed by atoms with Crippen LogP contribution in [0.1, 0.15) is 64.5 Å². The van der Waals surface area contributed by atoms with Crippen molar-refractivity contribution in [3.8, 4) is 0 Å². The smallest absolute Gasteiger partial charge is 0.135 e. The summed E-state index contributed by atoms with van der Waals surface area (Å²) in [5.41, 5.74) is 3.90. The quantitative estimate of drug-likeness (QED) is 0.640. The molecule has 25 heavy (non-hydrogen) atoms. The maximum absolute atomic E-state index is 11.3. The summed E-state index contributed by atoms with van der Waals surface area (Å²) in [7, 11) is 0. The minimum absolute atomic E-state index is 0.119. The van der Waals surface area contributed by atoms with E-state index in [-0.39, 0.29) is 11.2 Å². The highest BCUT2D eigenvalue weighted by Crippen LogP contribution is 2.31. The van der Waals surface area contributed by atoms with E-state index in [0.29, 0.717) is 6.42 Å². The van der Waals surface area contributed by atoms with Crippen molar-refractivity contribution in [2.45, 2.75) is 65.2 Å². The molecule has 138 valence electrons. The van der Waals surface area contributed by atoms with Gasteiger partial charge in [-0.25, -0.2) is 0 Å². The number of nitrogens with zero attached hydrogens (tertiary/aromatic N) is 1. The molecule has 2 rings (SSSR count). The van der Waals surface area contributed by atoms with Gasteiger partial charge in [0.05, 0.1) is 0 Å². The number of rotatable bonds is 6. The zero-order valence-corrected chi connectivity index (χ0v) is 17.0. The molecule has 3 heteroatoms. The maximum atomic E-state index is 11.3. The first-order valence-corrected chi connectivity index (χ1v) is 9.75. The fourth-order valence-electron chi connectivity index (χ4n) is 3.76. The summed E-state index contributed by atoms with van der Waals surface area (Å²) in [5.74, 6) is 0.953. The largest absolute Gasteiger partial charge is 0.375 e. The first kappa shape index (κ1) is 20.0. The van der Waals surface area contributed by atoms with Crippen molar-refractivity contribution in [2.75, 3.05) is 13.1 Å². The van der Waals surface area contributed by atoms with Crippen LogP contribution in [0.15, 0.2) is 30.5 Å². The average Bonchev–Trinajstić information content (AvgIpc) is 2.52. The Labute approximate surface area is 158 Å². The second kappa shape index (κ2) is 8.40. The molecule has 1 fully saturated rings. The highest BCUT2D eigenvalue weighted by Gasteiger charge is 2.22. The number of hydrogen-bond donors (Lipinski definition) is 0. The summed E-state index contributed by atoms with van der Waals surface area (Å²) in [4.78, 5) is 13.6. The summed E-state index contributed by atoms with van der Waals surface area (Å²) >= 11 is 6.22. The Kier molecular flexibility index (Phi) is 6.73. The number of Topliss-reactive ketones (excluding diaryl/α,β-unsaturated/α-hetero) is 1. The molecule has 0 saturated carbocycles. The predicted octanol–water partition coefficient (Wildman–Crippen LogP) is 5.77. The molecule has 0 atom stereocenters. The van der Waals surface area contributed by atoms with Crippen LogP contribution in [0.5, 0.6) is 0 Å². The number of aryl methyl sites for hydroxylation is 1. The Hall–Kier alpha value is -1.28. The van der Waals surface area contributed by atoms with E-state index in [2.05, 4.69) is 44.4 Å². The first-order chi connectivity index (χ1) is 11.7. The lowest BCUT2D eigenvalue weighted by Crippen LogP contribution is -2.33. The highest BCUT2D eigenvalue weighted by molar-refractivity contribution is 6.30.